The van der Waals surface area contributed by atoms with Crippen LogP contribution in [0.3, 0.4) is 0 Å². The van der Waals surface area contributed by atoms with Crippen molar-refractivity contribution in [1.29, 1.82) is 0 Å². The van der Waals surface area contributed by atoms with Gasteiger partial charge in [0.2, 0.25) is 11.8 Å². The maximum Gasteiger partial charge on any atom is 0.248 e. The molecule has 0 spiro atoms. The first-order valence-corrected chi connectivity index (χ1v) is 9.63. The van der Waals surface area contributed by atoms with Gasteiger partial charge in [-0.2, -0.15) is 0 Å². The quantitative estimate of drug-likeness (QED) is 0.834. The Morgan fingerprint density at radius 1 is 1.00 bits per heavy atom. The van der Waals surface area contributed by atoms with E-state index in [2.05, 4.69) is 11.0 Å². The third kappa shape index (κ3) is 4.82. The van der Waals surface area contributed by atoms with Gasteiger partial charge in [-0.25, -0.2) is 0 Å². The molecule has 0 aromatic heterocycles. The highest BCUT2D eigenvalue weighted by Crippen LogP contribution is 2.28. The molecule has 1 fully saturated rings. The zero-order valence-corrected chi connectivity index (χ0v) is 16.3. The number of carbonyl (C=O) groups is 2. The van der Waals surface area contributed by atoms with Crippen LogP contribution in [0.1, 0.15) is 28.8 Å². The van der Waals surface area contributed by atoms with Crippen molar-refractivity contribution in [3.8, 4) is 5.75 Å². The minimum absolute atomic E-state index is 0.167. The molecule has 2 amide bonds. The molecule has 1 aliphatic rings. The van der Waals surface area contributed by atoms with Gasteiger partial charge < -0.3 is 20.3 Å². The number of ether oxygens (including phenoxy) is 1. The first-order chi connectivity index (χ1) is 13.6. The molecule has 28 heavy (non-hydrogen) atoms. The molecule has 1 saturated heterocycles. The van der Waals surface area contributed by atoms with E-state index in [4.69, 9.17) is 10.5 Å². The van der Waals surface area contributed by atoms with E-state index in [0.29, 0.717) is 24.9 Å². The lowest BCUT2D eigenvalue weighted by atomic mass is 10.1. The van der Waals surface area contributed by atoms with Crippen molar-refractivity contribution in [1.82, 2.24) is 4.90 Å². The fourth-order valence-corrected chi connectivity index (χ4v) is 3.54. The molecule has 0 bridgehead atoms. The number of aryl methyl sites for hydroxylation is 1. The predicted octanol–water partition coefficient (Wildman–Crippen LogP) is 2.47. The molecular formula is C22H27N3O3. The average molecular weight is 381 g/mol. The Hall–Kier alpha value is -3.02. The number of nitrogens with two attached hydrogens (primary N) is 1. The van der Waals surface area contributed by atoms with Crippen molar-refractivity contribution >= 4 is 17.5 Å². The van der Waals surface area contributed by atoms with Gasteiger partial charge in [-0.1, -0.05) is 24.3 Å². The van der Waals surface area contributed by atoms with Crippen LogP contribution < -0.4 is 15.4 Å². The van der Waals surface area contributed by atoms with Gasteiger partial charge in [0.05, 0.1) is 12.8 Å². The van der Waals surface area contributed by atoms with Crippen molar-refractivity contribution in [3.05, 3.63) is 59.7 Å². The Bertz CT molecular complexity index is 820. The molecule has 2 aromatic carbocycles. The number of hydrogen-bond donors (Lipinski definition) is 1. The second-order valence-corrected chi connectivity index (χ2v) is 6.95. The van der Waals surface area contributed by atoms with Crippen molar-refractivity contribution in [3.63, 3.8) is 0 Å². The second-order valence-electron chi connectivity index (χ2n) is 6.95. The number of rotatable bonds is 6. The lowest BCUT2D eigenvalue weighted by Gasteiger charge is -2.25. The third-order valence-corrected chi connectivity index (χ3v) is 5.14. The molecule has 1 heterocycles. The van der Waals surface area contributed by atoms with Crippen LogP contribution in [0.2, 0.25) is 0 Å². The molecule has 2 aromatic rings. The van der Waals surface area contributed by atoms with Crippen LogP contribution in [0.25, 0.3) is 0 Å². The Labute approximate surface area is 165 Å². The Kier molecular flexibility index (Phi) is 6.53. The molecule has 1 aliphatic heterocycles. The van der Waals surface area contributed by atoms with Gasteiger partial charge in [0.15, 0.2) is 0 Å². The third-order valence-electron chi connectivity index (χ3n) is 5.14. The monoisotopic (exact) mass is 381 g/mol. The summed E-state index contributed by atoms with van der Waals surface area (Å²) in [5, 5.41) is 0. The fraction of sp³-hybridized carbons (Fsp3) is 0.364. The maximum atomic E-state index is 12.7. The van der Waals surface area contributed by atoms with Crippen molar-refractivity contribution in [2.75, 3.05) is 38.2 Å². The Balaban J connectivity index is 1.54. The SMILES string of the molecule is COc1ccccc1N1CCCN(C(=O)CCc2ccc(C(N)=O)cc2)CC1. The zero-order valence-electron chi connectivity index (χ0n) is 16.3. The summed E-state index contributed by atoms with van der Waals surface area (Å²) in [6.07, 6.45) is 2.05. The molecule has 3 rings (SSSR count). The number of nitrogens with zero attached hydrogens (tertiary/aromatic N) is 2. The largest absolute Gasteiger partial charge is 0.495 e. The van der Waals surface area contributed by atoms with Gasteiger partial charge >= 0.3 is 0 Å². The summed E-state index contributed by atoms with van der Waals surface area (Å²) >= 11 is 0. The van der Waals surface area contributed by atoms with E-state index in [0.717, 1.165) is 43.1 Å². The van der Waals surface area contributed by atoms with Crippen molar-refractivity contribution < 1.29 is 14.3 Å². The lowest BCUT2D eigenvalue weighted by Crippen LogP contribution is -2.35. The van der Waals surface area contributed by atoms with Crippen LogP contribution >= 0.6 is 0 Å². The van der Waals surface area contributed by atoms with Gasteiger partial charge in [-0.15, -0.1) is 0 Å². The van der Waals surface area contributed by atoms with Crippen LogP contribution in [0.4, 0.5) is 5.69 Å². The number of para-hydroxylation sites is 2. The zero-order chi connectivity index (χ0) is 19.9. The van der Waals surface area contributed by atoms with Crippen molar-refractivity contribution in [2.45, 2.75) is 19.3 Å². The number of methoxy groups -OCH3 is 1. The molecular weight excluding hydrogens is 354 g/mol. The minimum Gasteiger partial charge on any atom is -0.495 e. The number of carbonyl (C=O) groups excluding carboxylic acids is 2. The van der Waals surface area contributed by atoms with Crippen LogP contribution in [-0.2, 0) is 11.2 Å². The van der Waals surface area contributed by atoms with Crippen LogP contribution in [0.5, 0.6) is 5.75 Å². The summed E-state index contributed by atoms with van der Waals surface area (Å²) in [4.78, 5) is 28.0. The number of anilines is 1. The number of hydrogen-bond acceptors (Lipinski definition) is 4. The topological polar surface area (TPSA) is 75.9 Å². The molecule has 6 heteroatoms. The summed E-state index contributed by atoms with van der Waals surface area (Å²) in [6, 6.07) is 15.1. The van der Waals surface area contributed by atoms with E-state index in [1.165, 1.54) is 0 Å². The molecule has 0 atom stereocenters. The highest BCUT2D eigenvalue weighted by Gasteiger charge is 2.20. The summed E-state index contributed by atoms with van der Waals surface area (Å²) < 4.78 is 5.47. The highest BCUT2D eigenvalue weighted by molar-refractivity contribution is 5.92. The van der Waals surface area contributed by atoms with Crippen molar-refractivity contribution in [2.24, 2.45) is 5.73 Å². The van der Waals surface area contributed by atoms with Crippen LogP contribution in [-0.4, -0.2) is 50.0 Å². The predicted molar refractivity (Wildman–Crippen MR) is 110 cm³/mol. The van der Waals surface area contributed by atoms with Gasteiger partial charge in [0.25, 0.3) is 0 Å². The van der Waals surface area contributed by atoms with Gasteiger partial charge in [-0.05, 0) is 42.7 Å². The fourth-order valence-electron chi connectivity index (χ4n) is 3.54. The normalized spacial score (nSPS) is 14.5. The number of primary amides is 1. The molecule has 2 N–H and O–H groups in total. The molecule has 0 unspecified atom stereocenters. The molecule has 6 nitrogen and oxygen atoms in total. The van der Waals surface area contributed by atoms with E-state index in [1.54, 1.807) is 19.2 Å². The standard InChI is InChI=1S/C22H27N3O3/c1-28-20-6-3-2-5-19(20)24-13-4-14-25(16-15-24)21(26)12-9-17-7-10-18(11-8-17)22(23)27/h2-3,5-8,10-11H,4,9,12-16H2,1H3,(H2,23,27). The molecule has 0 saturated carbocycles. The first-order valence-electron chi connectivity index (χ1n) is 9.63. The Morgan fingerprint density at radius 3 is 2.46 bits per heavy atom. The average Bonchev–Trinajstić information content (AvgIpc) is 2.98. The smallest absolute Gasteiger partial charge is 0.248 e. The summed E-state index contributed by atoms with van der Waals surface area (Å²) in [6.45, 7) is 3.17. The summed E-state index contributed by atoms with van der Waals surface area (Å²) in [5.41, 5.74) is 7.85. The lowest BCUT2D eigenvalue weighted by molar-refractivity contribution is -0.130. The molecule has 0 aliphatic carbocycles. The Morgan fingerprint density at radius 2 is 1.75 bits per heavy atom. The molecule has 0 radical (unpaired) electrons. The van der Waals surface area contributed by atoms with E-state index < -0.39 is 5.91 Å². The van der Waals surface area contributed by atoms with Gasteiger partial charge in [-0.3, -0.25) is 9.59 Å². The second kappa shape index (κ2) is 9.26. The minimum atomic E-state index is -0.438. The molecule has 148 valence electrons. The van der Waals surface area contributed by atoms with Crippen LogP contribution in [0, 0.1) is 0 Å². The summed E-state index contributed by atoms with van der Waals surface area (Å²) in [5.74, 6) is 0.592. The van der Waals surface area contributed by atoms with Gasteiger partial charge in [0, 0.05) is 38.2 Å². The van der Waals surface area contributed by atoms with Crippen LogP contribution in [0.15, 0.2) is 48.5 Å². The maximum absolute atomic E-state index is 12.7. The van der Waals surface area contributed by atoms with E-state index >= 15 is 0 Å². The van der Waals surface area contributed by atoms with E-state index in [9.17, 15) is 9.59 Å². The first kappa shape index (κ1) is 19.7. The van der Waals surface area contributed by atoms with E-state index in [-0.39, 0.29) is 5.91 Å². The number of amides is 2. The summed E-state index contributed by atoms with van der Waals surface area (Å²) in [7, 11) is 1.68. The number of benzene rings is 2. The highest BCUT2D eigenvalue weighted by atomic mass is 16.5. The van der Waals surface area contributed by atoms with Gasteiger partial charge in [0.1, 0.15) is 5.75 Å². The van der Waals surface area contributed by atoms with E-state index in [1.807, 2.05) is 35.2 Å².